The van der Waals surface area contributed by atoms with E-state index < -0.39 is 19.7 Å². The maximum atomic E-state index is 11.8. The summed E-state index contributed by atoms with van der Waals surface area (Å²) in [6.45, 7) is 12.7. The van der Waals surface area contributed by atoms with Gasteiger partial charge in [0.1, 0.15) is 11.7 Å². The average Bonchev–Trinajstić information content (AvgIpc) is 3.14. The Morgan fingerprint density at radius 3 is 2.17 bits per heavy atom. The van der Waals surface area contributed by atoms with E-state index in [1.807, 2.05) is 44.0 Å². The molecule has 214 valence electrons. The van der Waals surface area contributed by atoms with Crippen LogP contribution in [0.1, 0.15) is 54.4 Å². The van der Waals surface area contributed by atoms with E-state index in [9.17, 15) is 4.79 Å². The van der Waals surface area contributed by atoms with Gasteiger partial charge in [-0.2, -0.15) is 0 Å². The van der Waals surface area contributed by atoms with Crippen LogP contribution in [0.5, 0.6) is 0 Å². The van der Waals surface area contributed by atoms with Gasteiger partial charge in [0.25, 0.3) is 8.32 Å². The second-order valence-electron chi connectivity index (χ2n) is 12.1. The number of carbonyl (C=O) groups is 1. The summed E-state index contributed by atoms with van der Waals surface area (Å²) in [5.41, 5.74) is -0.746. The normalized spacial score (nSPS) is 25.9. The van der Waals surface area contributed by atoms with Crippen LogP contribution in [0, 0.1) is 0 Å². The number of cyclic esters (lactones) is 1. The summed E-state index contributed by atoms with van der Waals surface area (Å²) in [5.74, 6) is -1.11. The summed E-state index contributed by atoms with van der Waals surface area (Å²) in [4.78, 5) is 13.6. The fraction of sp³-hybridized carbons (Fsp3) is 0.424. The van der Waals surface area contributed by atoms with Crippen LogP contribution in [-0.2, 0) is 23.4 Å². The summed E-state index contributed by atoms with van der Waals surface area (Å²) in [6.07, 6.45) is 9.58. The number of carbonyl (C=O) groups excluding carboxylic acids is 1. The molecular formula is C33H41BrO5Si. The third kappa shape index (κ3) is 6.77. The molecule has 1 fully saturated rings. The number of hydrogen-bond acceptors (Lipinski definition) is 5. The fourth-order valence-electron chi connectivity index (χ4n) is 5.83. The monoisotopic (exact) mass is 624 g/mol. The highest BCUT2D eigenvalue weighted by atomic mass is 79.9. The lowest BCUT2D eigenvalue weighted by molar-refractivity contribution is -0.154. The number of rotatable bonds is 9. The Morgan fingerprint density at radius 1 is 1.05 bits per heavy atom. The molecule has 0 N–H and O–H groups in total. The van der Waals surface area contributed by atoms with Crippen molar-refractivity contribution in [3.63, 3.8) is 0 Å². The summed E-state index contributed by atoms with van der Waals surface area (Å²) >= 11 is 3.52. The van der Waals surface area contributed by atoms with Gasteiger partial charge in [0.15, 0.2) is 5.79 Å². The summed E-state index contributed by atoms with van der Waals surface area (Å²) in [5, 5.41) is 2.28. The molecule has 0 unspecified atom stereocenters. The van der Waals surface area contributed by atoms with Gasteiger partial charge in [0.05, 0.1) is 12.2 Å². The van der Waals surface area contributed by atoms with Crippen LogP contribution in [0.15, 0.2) is 96.0 Å². The first-order chi connectivity index (χ1) is 18.9. The molecule has 2 aromatic rings. The highest BCUT2D eigenvalue weighted by Crippen LogP contribution is 2.42. The summed E-state index contributed by atoms with van der Waals surface area (Å²) in [7, 11) is -2.81. The fourth-order valence-corrected chi connectivity index (χ4v) is 10.8. The van der Waals surface area contributed by atoms with Crippen molar-refractivity contribution >= 4 is 40.6 Å². The van der Waals surface area contributed by atoms with E-state index in [1.165, 1.54) is 16.4 Å². The zero-order chi connectivity index (χ0) is 29.0. The molecule has 2 aliphatic rings. The molecule has 40 heavy (non-hydrogen) atoms. The number of ether oxygens (including phenoxy) is 3. The lowest BCUT2D eigenvalue weighted by Crippen LogP contribution is -2.67. The number of halogens is 1. The largest absolute Gasteiger partial charge is 0.455 e. The zero-order valence-electron chi connectivity index (χ0n) is 24.3. The first kappa shape index (κ1) is 30.7. The SMILES string of the molecule is CC1(C)O[C@H](C[C@H](/C=C\Br)O[Si](c2ccccc2)(c2ccccc2)C(C)(C)C)[C@@](C)(/C=C/[C@H]2CC=CC(=O)O2)O1. The predicted octanol–water partition coefficient (Wildman–Crippen LogP) is 6.57. The summed E-state index contributed by atoms with van der Waals surface area (Å²) < 4.78 is 25.9. The van der Waals surface area contributed by atoms with Crippen molar-refractivity contribution in [1.29, 1.82) is 0 Å². The highest BCUT2D eigenvalue weighted by Gasteiger charge is 2.53. The molecule has 1 saturated heterocycles. The van der Waals surface area contributed by atoms with Crippen LogP contribution in [0.25, 0.3) is 0 Å². The van der Waals surface area contributed by atoms with Crippen molar-refractivity contribution in [2.45, 2.75) is 89.1 Å². The van der Waals surface area contributed by atoms with Crippen LogP contribution in [0.4, 0.5) is 0 Å². The van der Waals surface area contributed by atoms with Crippen LogP contribution >= 0.6 is 15.9 Å². The van der Waals surface area contributed by atoms with Crippen molar-refractivity contribution in [2.75, 3.05) is 0 Å². The Labute approximate surface area is 248 Å². The number of esters is 1. The molecule has 7 heteroatoms. The summed E-state index contributed by atoms with van der Waals surface area (Å²) in [6, 6.07) is 21.3. The van der Waals surface area contributed by atoms with Gasteiger partial charge in [-0.1, -0.05) is 116 Å². The van der Waals surface area contributed by atoms with E-state index in [0.717, 1.165) is 0 Å². The van der Waals surface area contributed by atoms with Gasteiger partial charge in [-0.15, -0.1) is 0 Å². The van der Waals surface area contributed by atoms with Gasteiger partial charge in [0, 0.05) is 18.9 Å². The molecule has 0 saturated carbocycles. The third-order valence-corrected chi connectivity index (χ3v) is 12.9. The third-order valence-electron chi connectivity index (χ3n) is 7.54. The van der Waals surface area contributed by atoms with Gasteiger partial charge in [-0.25, -0.2) is 4.79 Å². The molecule has 0 bridgehead atoms. The second kappa shape index (κ2) is 12.3. The van der Waals surface area contributed by atoms with Gasteiger partial charge in [-0.05, 0) is 47.2 Å². The van der Waals surface area contributed by atoms with E-state index in [-0.39, 0.29) is 29.3 Å². The van der Waals surface area contributed by atoms with Crippen LogP contribution in [-0.4, -0.2) is 44.0 Å². The Hall–Kier alpha value is -2.29. The highest BCUT2D eigenvalue weighted by molar-refractivity contribution is 9.11. The van der Waals surface area contributed by atoms with Gasteiger partial charge in [0.2, 0.25) is 0 Å². The molecule has 0 radical (unpaired) electrons. The second-order valence-corrected chi connectivity index (χ2v) is 16.9. The van der Waals surface area contributed by atoms with Crippen molar-refractivity contribution in [3.05, 3.63) is 96.0 Å². The quantitative estimate of drug-likeness (QED) is 0.179. The lowest BCUT2D eigenvalue weighted by Gasteiger charge is -2.45. The molecule has 4 atom stereocenters. The van der Waals surface area contributed by atoms with Crippen LogP contribution < -0.4 is 10.4 Å². The Morgan fingerprint density at radius 2 is 1.65 bits per heavy atom. The first-order valence-corrected chi connectivity index (χ1v) is 16.7. The topological polar surface area (TPSA) is 54.0 Å². The molecular weight excluding hydrogens is 584 g/mol. The maximum Gasteiger partial charge on any atom is 0.331 e. The molecule has 0 amide bonds. The Kier molecular flexibility index (Phi) is 9.42. The zero-order valence-corrected chi connectivity index (χ0v) is 26.9. The molecule has 0 aromatic heterocycles. The van der Waals surface area contributed by atoms with Crippen molar-refractivity contribution < 1.29 is 23.4 Å². The van der Waals surface area contributed by atoms with Crippen LogP contribution in [0.3, 0.4) is 0 Å². The Bertz CT molecular complexity index is 1190. The smallest absolute Gasteiger partial charge is 0.331 e. The molecule has 0 aliphatic carbocycles. The standard InChI is InChI=1S/C33H41BrO5Si/c1-31(2,3)40(27-15-9-7-10-16-27,28-17-11-8-12-18-28)38-26(21-23-34)24-29-33(6,39-32(4,5)37-29)22-20-25-14-13-19-30(35)36-25/h7-13,15-23,25-26,29H,14,24H2,1-6H3/b22-20+,23-21-/t25-,26+,29-,33-/m1/s1. The molecule has 2 heterocycles. The average molecular weight is 626 g/mol. The first-order valence-electron chi connectivity index (χ1n) is 13.9. The minimum absolute atomic E-state index is 0.165. The molecule has 5 nitrogen and oxygen atoms in total. The van der Waals surface area contributed by atoms with Crippen molar-refractivity contribution in [3.8, 4) is 0 Å². The minimum atomic E-state index is -2.81. The molecule has 0 spiro atoms. The number of hydrogen-bond donors (Lipinski definition) is 0. The molecule has 2 aromatic carbocycles. The van der Waals surface area contributed by atoms with E-state index in [1.54, 1.807) is 0 Å². The van der Waals surface area contributed by atoms with Gasteiger partial charge < -0.3 is 18.6 Å². The van der Waals surface area contributed by atoms with Gasteiger partial charge in [-0.3, -0.25) is 0 Å². The lowest BCUT2D eigenvalue weighted by atomic mass is 9.93. The van der Waals surface area contributed by atoms with E-state index in [2.05, 4.69) is 103 Å². The Balaban J connectivity index is 1.71. The molecule has 2 aliphatic heterocycles. The van der Waals surface area contributed by atoms with E-state index >= 15 is 0 Å². The minimum Gasteiger partial charge on any atom is -0.455 e. The molecule has 4 rings (SSSR count). The predicted molar refractivity (Wildman–Crippen MR) is 166 cm³/mol. The van der Waals surface area contributed by atoms with E-state index in [0.29, 0.717) is 12.8 Å². The van der Waals surface area contributed by atoms with Crippen molar-refractivity contribution in [1.82, 2.24) is 0 Å². The number of benzene rings is 2. The van der Waals surface area contributed by atoms with Crippen molar-refractivity contribution in [2.24, 2.45) is 0 Å². The van der Waals surface area contributed by atoms with Gasteiger partial charge >= 0.3 is 5.97 Å². The maximum absolute atomic E-state index is 11.8. The van der Waals surface area contributed by atoms with E-state index in [4.69, 9.17) is 18.6 Å². The van der Waals surface area contributed by atoms with Crippen LogP contribution in [0.2, 0.25) is 5.04 Å².